The molecule has 0 amide bonds. The highest BCUT2D eigenvalue weighted by Crippen LogP contribution is 2.32. The minimum Gasteiger partial charge on any atom is -0.387 e. The first kappa shape index (κ1) is 15.8. The number of imidazole rings is 1. The van der Waals surface area contributed by atoms with Gasteiger partial charge in [-0.15, -0.1) is 0 Å². The zero-order valence-electron chi connectivity index (χ0n) is 11.8. The molecule has 0 bridgehead atoms. The van der Waals surface area contributed by atoms with Crippen molar-refractivity contribution >= 4 is 22.6 Å². The number of fused-ring (bicyclic) bond motifs is 1. The fraction of sp³-hybridized carbons (Fsp3) is 0.188. The molecule has 3 rings (SSSR count). The summed E-state index contributed by atoms with van der Waals surface area (Å²) in [4.78, 5) is 3.65. The van der Waals surface area contributed by atoms with Crippen LogP contribution in [0.1, 0.15) is 17.5 Å². The van der Waals surface area contributed by atoms with E-state index < -0.39 is 18.1 Å². The molecule has 1 aromatic heterocycles. The van der Waals surface area contributed by atoms with Crippen molar-refractivity contribution in [3.05, 3.63) is 64.9 Å². The van der Waals surface area contributed by atoms with Crippen molar-refractivity contribution in [3.63, 3.8) is 0 Å². The molecule has 1 heterocycles. The highest BCUT2D eigenvalue weighted by Gasteiger charge is 2.38. The predicted molar refractivity (Wildman–Crippen MR) is 81.1 cm³/mol. The SMILES string of the molecule is OC(Cn1c(C(F)(F)F)nc2ccccc21)c1ccc(Cl)cc1. The predicted octanol–water partition coefficient (Wildman–Crippen LogP) is 4.44. The number of benzene rings is 2. The van der Waals surface area contributed by atoms with E-state index in [-0.39, 0.29) is 12.1 Å². The highest BCUT2D eigenvalue weighted by atomic mass is 35.5. The van der Waals surface area contributed by atoms with Crippen LogP contribution in [0.3, 0.4) is 0 Å². The Morgan fingerprint density at radius 2 is 1.74 bits per heavy atom. The molecule has 7 heteroatoms. The number of hydrogen-bond donors (Lipinski definition) is 1. The third kappa shape index (κ3) is 3.18. The maximum atomic E-state index is 13.2. The summed E-state index contributed by atoms with van der Waals surface area (Å²) in [6, 6.07) is 12.6. The van der Waals surface area contributed by atoms with E-state index in [4.69, 9.17) is 11.6 Å². The van der Waals surface area contributed by atoms with Crippen molar-refractivity contribution in [1.82, 2.24) is 9.55 Å². The Labute approximate surface area is 134 Å². The zero-order valence-corrected chi connectivity index (χ0v) is 12.5. The van der Waals surface area contributed by atoms with E-state index in [0.717, 1.165) is 4.57 Å². The largest absolute Gasteiger partial charge is 0.449 e. The topological polar surface area (TPSA) is 38.0 Å². The van der Waals surface area contributed by atoms with Gasteiger partial charge in [-0.05, 0) is 29.8 Å². The van der Waals surface area contributed by atoms with Gasteiger partial charge in [-0.3, -0.25) is 0 Å². The summed E-state index contributed by atoms with van der Waals surface area (Å²) in [6.07, 6.45) is -5.70. The monoisotopic (exact) mass is 340 g/mol. The third-order valence-corrected chi connectivity index (χ3v) is 3.77. The van der Waals surface area contributed by atoms with Crippen LogP contribution in [0.15, 0.2) is 48.5 Å². The molecule has 0 aliphatic rings. The standard InChI is InChI=1S/C16H12ClF3N2O/c17-11-7-5-10(6-8-11)14(23)9-22-13-4-2-1-3-12(13)21-15(22)16(18,19)20/h1-8,14,23H,9H2. The molecule has 3 aromatic rings. The molecule has 120 valence electrons. The molecule has 3 nitrogen and oxygen atoms in total. The lowest BCUT2D eigenvalue weighted by molar-refractivity contribution is -0.147. The van der Waals surface area contributed by atoms with Crippen LogP contribution in [-0.2, 0) is 12.7 Å². The van der Waals surface area contributed by atoms with Crippen LogP contribution in [-0.4, -0.2) is 14.7 Å². The summed E-state index contributed by atoms with van der Waals surface area (Å²) in [7, 11) is 0. The number of para-hydroxylation sites is 2. The third-order valence-electron chi connectivity index (χ3n) is 3.52. The summed E-state index contributed by atoms with van der Waals surface area (Å²) in [5.41, 5.74) is 1.05. The number of nitrogens with zero attached hydrogens (tertiary/aromatic N) is 2. The molecule has 0 aliphatic heterocycles. The number of alkyl halides is 3. The van der Waals surface area contributed by atoms with Gasteiger partial charge in [0.25, 0.3) is 0 Å². The van der Waals surface area contributed by atoms with Crippen LogP contribution in [0, 0.1) is 0 Å². The Kier molecular flexibility index (Phi) is 4.04. The van der Waals surface area contributed by atoms with Gasteiger partial charge < -0.3 is 9.67 Å². The van der Waals surface area contributed by atoms with E-state index in [2.05, 4.69) is 4.98 Å². The number of rotatable bonds is 3. The Hall–Kier alpha value is -2.05. The molecule has 1 unspecified atom stereocenters. The molecular weight excluding hydrogens is 329 g/mol. The van der Waals surface area contributed by atoms with Crippen LogP contribution >= 0.6 is 11.6 Å². The molecular formula is C16H12ClF3N2O. The van der Waals surface area contributed by atoms with Crippen molar-refractivity contribution in [2.24, 2.45) is 0 Å². The Morgan fingerprint density at radius 3 is 2.39 bits per heavy atom. The second-order valence-electron chi connectivity index (χ2n) is 5.10. The number of aromatic nitrogens is 2. The fourth-order valence-corrected chi connectivity index (χ4v) is 2.57. The van der Waals surface area contributed by atoms with Gasteiger partial charge in [-0.2, -0.15) is 13.2 Å². The molecule has 0 aliphatic carbocycles. The van der Waals surface area contributed by atoms with Gasteiger partial charge >= 0.3 is 6.18 Å². The summed E-state index contributed by atoms with van der Waals surface area (Å²) < 4.78 is 40.6. The smallest absolute Gasteiger partial charge is 0.387 e. The van der Waals surface area contributed by atoms with Gasteiger partial charge in [0, 0.05) is 5.02 Å². The van der Waals surface area contributed by atoms with E-state index in [0.29, 0.717) is 16.1 Å². The van der Waals surface area contributed by atoms with E-state index in [1.165, 1.54) is 6.07 Å². The van der Waals surface area contributed by atoms with Gasteiger partial charge in [-0.1, -0.05) is 35.9 Å². The summed E-state index contributed by atoms with van der Waals surface area (Å²) in [5.74, 6) is -1.02. The van der Waals surface area contributed by atoms with Gasteiger partial charge in [0.2, 0.25) is 5.82 Å². The molecule has 0 spiro atoms. The van der Waals surface area contributed by atoms with Crippen LogP contribution in [0.4, 0.5) is 13.2 Å². The minimum absolute atomic E-state index is 0.239. The molecule has 0 saturated carbocycles. The summed E-state index contributed by atoms with van der Waals surface area (Å²) in [6.45, 7) is -0.253. The summed E-state index contributed by atoms with van der Waals surface area (Å²) >= 11 is 5.78. The first-order valence-corrected chi connectivity index (χ1v) is 7.20. The maximum Gasteiger partial charge on any atom is 0.449 e. The Balaban J connectivity index is 2.03. The molecule has 1 atom stereocenters. The average Bonchev–Trinajstić information content (AvgIpc) is 2.87. The number of aliphatic hydroxyl groups is 1. The van der Waals surface area contributed by atoms with Crippen LogP contribution in [0.5, 0.6) is 0 Å². The molecule has 0 radical (unpaired) electrons. The zero-order chi connectivity index (χ0) is 16.6. The highest BCUT2D eigenvalue weighted by molar-refractivity contribution is 6.30. The first-order chi connectivity index (χ1) is 10.9. The normalized spacial score (nSPS) is 13.4. The Morgan fingerprint density at radius 1 is 1.09 bits per heavy atom. The quantitative estimate of drug-likeness (QED) is 0.765. The van der Waals surface area contributed by atoms with E-state index in [9.17, 15) is 18.3 Å². The number of aliphatic hydroxyl groups excluding tert-OH is 1. The first-order valence-electron chi connectivity index (χ1n) is 6.82. The van der Waals surface area contributed by atoms with Gasteiger partial charge in [0.1, 0.15) is 0 Å². The molecule has 1 N–H and O–H groups in total. The van der Waals surface area contributed by atoms with E-state index >= 15 is 0 Å². The van der Waals surface area contributed by atoms with Crippen molar-refractivity contribution in [2.45, 2.75) is 18.8 Å². The maximum absolute atomic E-state index is 13.2. The fourth-order valence-electron chi connectivity index (χ4n) is 2.44. The van der Waals surface area contributed by atoms with Crippen molar-refractivity contribution in [2.75, 3.05) is 0 Å². The average molecular weight is 341 g/mol. The van der Waals surface area contributed by atoms with Crippen molar-refractivity contribution < 1.29 is 18.3 Å². The second kappa shape index (κ2) is 5.86. The molecule has 0 saturated heterocycles. The second-order valence-corrected chi connectivity index (χ2v) is 5.54. The van der Waals surface area contributed by atoms with Crippen LogP contribution in [0.2, 0.25) is 5.02 Å². The molecule has 0 fully saturated rings. The lowest BCUT2D eigenvalue weighted by Gasteiger charge is -2.16. The summed E-state index contributed by atoms with van der Waals surface area (Å²) in [5, 5.41) is 10.8. The molecule has 2 aromatic carbocycles. The van der Waals surface area contributed by atoms with Gasteiger partial charge in [0.05, 0.1) is 23.7 Å². The van der Waals surface area contributed by atoms with E-state index in [1.54, 1.807) is 42.5 Å². The van der Waals surface area contributed by atoms with Crippen molar-refractivity contribution in [1.29, 1.82) is 0 Å². The number of halogens is 4. The Bertz CT molecular complexity index is 827. The van der Waals surface area contributed by atoms with E-state index in [1.807, 2.05) is 0 Å². The van der Waals surface area contributed by atoms with Gasteiger partial charge in [0.15, 0.2) is 0 Å². The van der Waals surface area contributed by atoms with Gasteiger partial charge in [-0.25, -0.2) is 4.98 Å². The lowest BCUT2D eigenvalue weighted by Crippen LogP contribution is -2.18. The van der Waals surface area contributed by atoms with Crippen LogP contribution in [0.25, 0.3) is 11.0 Å². The number of hydrogen-bond acceptors (Lipinski definition) is 2. The van der Waals surface area contributed by atoms with Crippen LogP contribution < -0.4 is 0 Å². The minimum atomic E-state index is -4.60. The lowest BCUT2D eigenvalue weighted by atomic mass is 10.1. The van der Waals surface area contributed by atoms with Crippen molar-refractivity contribution in [3.8, 4) is 0 Å². The molecule has 23 heavy (non-hydrogen) atoms.